The summed E-state index contributed by atoms with van der Waals surface area (Å²) in [5.41, 5.74) is 1.03. The van der Waals surface area contributed by atoms with Gasteiger partial charge in [0.05, 0.1) is 11.1 Å². The van der Waals surface area contributed by atoms with Crippen LogP contribution in [0.1, 0.15) is 30.1 Å². The number of hydrogen-bond acceptors (Lipinski definition) is 3. The van der Waals surface area contributed by atoms with E-state index in [2.05, 4.69) is 28.7 Å². The number of alkyl halides is 1. The Hall–Kier alpha value is 0.200. The average molecular weight is 263 g/mol. The van der Waals surface area contributed by atoms with Crippen molar-refractivity contribution >= 4 is 35.1 Å². The van der Waals surface area contributed by atoms with Gasteiger partial charge in [-0.05, 0) is 6.42 Å². The number of imidazole rings is 1. The van der Waals surface area contributed by atoms with Gasteiger partial charge in [0.1, 0.15) is 5.82 Å². The van der Waals surface area contributed by atoms with Gasteiger partial charge >= 0.3 is 0 Å². The van der Waals surface area contributed by atoms with E-state index in [1.807, 2.05) is 18.0 Å². The summed E-state index contributed by atoms with van der Waals surface area (Å²) in [6.07, 6.45) is 3.06. The zero-order valence-electron chi connectivity index (χ0n) is 8.70. The van der Waals surface area contributed by atoms with Gasteiger partial charge in [-0.25, -0.2) is 4.98 Å². The molecule has 15 heavy (non-hydrogen) atoms. The van der Waals surface area contributed by atoms with Gasteiger partial charge in [0.15, 0.2) is 0 Å². The molecule has 2 nitrogen and oxygen atoms in total. The van der Waals surface area contributed by atoms with E-state index in [1.165, 1.54) is 17.9 Å². The first-order valence-corrected chi connectivity index (χ1v) is 7.81. The van der Waals surface area contributed by atoms with Crippen molar-refractivity contribution in [2.45, 2.75) is 29.7 Å². The van der Waals surface area contributed by atoms with E-state index >= 15 is 0 Å². The van der Waals surface area contributed by atoms with Gasteiger partial charge < -0.3 is 4.98 Å². The fraction of sp³-hybridized carbons (Fsp3) is 0.700. The van der Waals surface area contributed by atoms with Crippen LogP contribution in [-0.2, 0) is 5.88 Å². The molecule has 5 heteroatoms. The summed E-state index contributed by atoms with van der Waals surface area (Å²) in [5, 5.41) is 1.21. The molecule has 1 fully saturated rings. The highest BCUT2D eigenvalue weighted by atomic mass is 35.5. The lowest BCUT2D eigenvalue weighted by Gasteiger charge is -2.28. The highest BCUT2D eigenvalue weighted by Gasteiger charge is 2.28. The Kier molecular flexibility index (Phi) is 4.29. The number of aromatic amines is 1. The molecule has 84 valence electrons. The Morgan fingerprint density at radius 3 is 3.00 bits per heavy atom. The lowest BCUT2D eigenvalue weighted by atomic mass is 10.2. The monoisotopic (exact) mass is 262 g/mol. The number of thioether (sulfide) groups is 2. The number of rotatable bonds is 3. The fourth-order valence-corrected chi connectivity index (χ4v) is 4.90. The lowest BCUT2D eigenvalue weighted by molar-refractivity contribution is 0.758. The van der Waals surface area contributed by atoms with Crippen LogP contribution in [0, 0.1) is 0 Å². The molecule has 1 aromatic rings. The second-order valence-corrected chi connectivity index (χ2v) is 6.40. The summed E-state index contributed by atoms with van der Waals surface area (Å²) in [6, 6.07) is 0. The molecule has 1 aliphatic rings. The zero-order valence-corrected chi connectivity index (χ0v) is 11.1. The topological polar surface area (TPSA) is 28.7 Å². The molecule has 0 amide bonds. The van der Waals surface area contributed by atoms with Crippen LogP contribution in [0.25, 0.3) is 0 Å². The second-order valence-electron chi connectivity index (χ2n) is 3.54. The highest BCUT2D eigenvalue weighted by Crippen LogP contribution is 2.42. The average Bonchev–Trinajstić information content (AvgIpc) is 2.77. The van der Waals surface area contributed by atoms with Crippen LogP contribution in [0.15, 0.2) is 6.20 Å². The molecule has 2 rings (SSSR count). The van der Waals surface area contributed by atoms with Gasteiger partial charge in [-0.2, -0.15) is 11.8 Å². The van der Waals surface area contributed by atoms with Gasteiger partial charge in [-0.15, -0.1) is 23.4 Å². The molecule has 1 aromatic heterocycles. The molecule has 1 saturated heterocycles. The molecule has 0 saturated carbocycles. The number of H-pyrrole nitrogens is 1. The van der Waals surface area contributed by atoms with Gasteiger partial charge in [0.25, 0.3) is 0 Å². The summed E-state index contributed by atoms with van der Waals surface area (Å²) >= 11 is 9.85. The number of hydrogen-bond donors (Lipinski definition) is 1. The van der Waals surface area contributed by atoms with Gasteiger partial charge in [-0.1, -0.05) is 6.92 Å². The Balaban J connectivity index is 2.12. The maximum absolute atomic E-state index is 5.77. The molecule has 0 aliphatic carbocycles. The van der Waals surface area contributed by atoms with Gasteiger partial charge in [0.2, 0.25) is 0 Å². The van der Waals surface area contributed by atoms with Crippen molar-refractivity contribution in [2.75, 3.05) is 11.5 Å². The lowest BCUT2D eigenvalue weighted by Crippen LogP contribution is -2.19. The van der Waals surface area contributed by atoms with Gasteiger partial charge in [0, 0.05) is 28.6 Å². The Bertz CT molecular complexity index is 316. The minimum Gasteiger partial charge on any atom is -0.344 e. The van der Waals surface area contributed by atoms with E-state index in [0.717, 1.165) is 11.5 Å². The van der Waals surface area contributed by atoms with Crippen molar-refractivity contribution < 1.29 is 0 Å². The minimum absolute atomic E-state index is 0.519. The molecule has 0 aromatic carbocycles. The summed E-state index contributed by atoms with van der Waals surface area (Å²) < 4.78 is 0. The molecule has 2 unspecified atom stereocenters. The summed E-state index contributed by atoms with van der Waals surface area (Å²) in [6.45, 7) is 2.25. The van der Waals surface area contributed by atoms with E-state index in [4.69, 9.17) is 11.6 Å². The summed E-state index contributed by atoms with van der Waals surface area (Å²) in [5.74, 6) is 4.12. The number of nitrogens with zero attached hydrogens (tertiary/aromatic N) is 1. The summed E-state index contributed by atoms with van der Waals surface area (Å²) in [4.78, 5) is 7.75. The van der Waals surface area contributed by atoms with E-state index in [0.29, 0.717) is 16.4 Å². The first kappa shape index (κ1) is 11.7. The standard InChI is InChI=1S/C10H15ClN2S2/c1-2-8-9(15-4-3-14-8)10-12-6-7(5-11)13-10/h6,8-9H,2-5H2,1H3,(H,12,13). The van der Waals surface area contributed by atoms with Crippen molar-refractivity contribution in [3.63, 3.8) is 0 Å². The number of aromatic nitrogens is 2. The van der Waals surface area contributed by atoms with Crippen LogP contribution in [0.3, 0.4) is 0 Å². The molecule has 1 aliphatic heterocycles. The third kappa shape index (κ3) is 2.66. The highest BCUT2D eigenvalue weighted by molar-refractivity contribution is 8.06. The van der Waals surface area contributed by atoms with Crippen LogP contribution in [0.4, 0.5) is 0 Å². The van der Waals surface area contributed by atoms with Crippen LogP contribution in [0.2, 0.25) is 0 Å². The van der Waals surface area contributed by atoms with Crippen molar-refractivity contribution in [1.29, 1.82) is 0 Å². The summed E-state index contributed by atoms with van der Waals surface area (Å²) in [7, 11) is 0. The van der Waals surface area contributed by atoms with Crippen LogP contribution in [-0.4, -0.2) is 26.7 Å². The fourth-order valence-electron chi connectivity index (χ4n) is 1.75. The largest absolute Gasteiger partial charge is 0.344 e. The SMILES string of the molecule is CCC1SCCSC1c1ncc(CCl)[nH]1. The van der Waals surface area contributed by atoms with Gasteiger partial charge in [-0.3, -0.25) is 0 Å². The maximum Gasteiger partial charge on any atom is 0.120 e. The molecule has 2 heterocycles. The maximum atomic E-state index is 5.77. The van der Waals surface area contributed by atoms with Crippen molar-refractivity contribution in [3.8, 4) is 0 Å². The number of halogens is 1. The van der Waals surface area contributed by atoms with Crippen LogP contribution >= 0.6 is 35.1 Å². The quantitative estimate of drug-likeness (QED) is 0.846. The Morgan fingerprint density at radius 2 is 2.33 bits per heavy atom. The third-order valence-corrected chi connectivity index (χ3v) is 6.06. The van der Waals surface area contributed by atoms with E-state index in [-0.39, 0.29) is 0 Å². The second kappa shape index (κ2) is 5.51. The van der Waals surface area contributed by atoms with Crippen molar-refractivity contribution in [3.05, 3.63) is 17.7 Å². The number of nitrogens with one attached hydrogen (secondary N) is 1. The molecule has 1 N–H and O–H groups in total. The molecule has 0 radical (unpaired) electrons. The molecular weight excluding hydrogens is 248 g/mol. The zero-order chi connectivity index (χ0) is 10.7. The Morgan fingerprint density at radius 1 is 1.53 bits per heavy atom. The first-order valence-electron chi connectivity index (χ1n) is 5.18. The smallest absolute Gasteiger partial charge is 0.120 e. The molecule has 0 spiro atoms. The normalized spacial score (nSPS) is 26.8. The van der Waals surface area contributed by atoms with Crippen LogP contribution < -0.4 is 0 Å². The minimum atomic E-state index is 0.519. The predicted octanol–water partition coefficient (Wildman–Crippen LogP) is 3.45. The van der Waals surface area contributed by atoms with Crippen LogP contribution in [0.5, 0.6) is 0 Å². The van der Waals surface area contributed by atoms with E-state index in [1.54, 1.807) is 0 Å². The molecular formula is C10H15ClN2S2. The van der Waals surface area contributed by atoms with E-state index < -0.39 is 0 Å². The Labute approximate surface area is 104 Å². The third-order valence-electron chi connectivity index (χ3n) is 2.51. The van der Waals surface area contributed by atoms with Crippen molar-refractivity contribution in [1.82, 2.24) is 9.97 Å². The predicted molar refractivity (Wildman–Crippen MR) is 69.9 cm³/mol. The molecule has 2 atom stereocenters. The van der Waals surface area contributed by atoms with E-state index in [9.17, 15) is 0 Å². The van der Waals surface area contributed by atoms with Crippen molar-refractivity contribution in [2.24, 2.45) is 0 Å². The molecule has 0 bridgehead atoms. The first-order chi connectivity index (χ1) is 7.35.